The summed E-state index contributed by atoms with van der Waals surface area (Å²) in [6.45, 7) is 0. The van der Waals surface area contributed by atoms with E-state index in [1.807, 2.05) is 0 Å². The van der Waals surface area contributed by atoms with E-state index in [4.69, 9.17) is 15.2 Å². The van der Waals surface area contributed by atoms with Crippen molar-refractivity contribution in [2.45, 2.75) is 0 Å². The smallest absolute Gasteiger partial charge is 0.275 e. The van der Waals surface area contributed by atoms with Crippen LogP contribution in [0.3, 0.4) is 0 Å². The number of nitrogens with one attached hydrogen (secondary N) is 1. The molecular weight excluding hydrogens is 260 g/mol. The molecule has 1 aromatic carbocycles. The van der Waals surface area contributed by atoms with Gasteiger partial charge in [-0.25, -0.2) is 4.98 Å². The Morgan fingerprint density at radius 3 is 2.60 bits per heavy atom. The Kier molecular flexibility index (Phi) is 3.99. The molecule has 7 heteroatoms. The molecule has 3 N–H and O–H groups in total. The van der Waals surface area contributed by atoms with Crippen molar-refractivity contribution in [3.8, 4) is 11.5 Å². The van der Waals surface area contributed by atoms with Gasteiger partial charge in [0.1, 0.15) is 11.5 Å². The minimum Gasteiger partial charge on any atom is -0.493 e. The van der Waals surface area contributed by atoms with Crippen molar-refractivity contribution in [1.29, 1.82) is 0 Å². The largest absolute Gasteiger partial charge is 0.493 e. The van der Waals surface area contributed by atoms with Gasteiger partial charge in [0.25, 0.3) is 5.91 Å². The van der Waals surface area contributed by atoms with Crippen LogP contribution < -0.4 is 20.5 Å². The summed E-state index contributed by atoms with van der Waals surface area (Å²) in [7, 11) is 3.06. The lowest BCUT2D eigenvalue weighted by atomic mass is 10.2. The van der Waals surface area contributed by atoms with E-state index in [9.17, 15) is 4.79 Å². The fourth-order valence-corrected chi connectivity index (χ4v) is 1.60. The summed E-state index contributed by atoms with van der Waals surface area (Å²) in [5, 5.41) is 2.68. The Hall–Kier alpha value is -2.83. The van der Waals surface area contributed by atoms with E-state index < -0.39 is 5.91 Å². The van der Waals surface area contributed by atoms with E-state index in [0.717, 1.165) is 0 Å². The molecule has 0 saturated carbocycles. The molecule has 1 amide bonds. The summed E-state index contributed by atoms with van der Waals surface area (Å²) in [4.78, 5) is 19.7. The molecule has 0 saturated heterocycles. The van der Waals surface area contributed by atoms with E-state index in [1.54, 1.807) is 25.3 Å². The molecule has 0 radical (unpaired) electrons. The number of nitrogens with two attached hydrogens (primary N) is 1. The van der Waals surface area contributed by atoms with Gasteiger partial charge < -0.3 is 20.5 Å². The third-order valence-corrected chi connectivity index (χ3v) is 2.53. The number of anilines is 2. The van der Waals surface area contributed by atoms with Crippen molar-refractivity contribution in [3.63, 3.8) is 0 Å². The summed E-state index contributed by atoms with van der Waals surface area (Å²) in [5.41, 5.74) is 6.17. The zero-order valence-corrected chi connectivity index (χ0v) is 11.1. The number of carbonyl (C=O) groups is 1. The predicted octanol–water partition coefficient (Wildman–Crippen LogP) is 1.33. The SMILES string of the molecule is COc1ccc(NC(=O)c2cncc(N)n2)cc1OC. The second-order valence-corrected chi connectivity index (χ2v) is 3.85. The van der Waals surface area contributed by atoms with E-state index in [0.29, 0.717) is 17.2 Å². The summed E-state index contributed by atoms with van der Waals surface area (Å²) >= 11 is 0. The van der Waals surface area contributed by atoms with Crippen LogP contribution in [0.5, 0.6) is 11.5 Å². The van der Waals surface area contributed by atoms with Crippen LogP contribution >= 0.6 is 0 Å². The fourth-order valence-electron chi connectivity index (χ4n) is 1.60. The van der Waals surface area contributed by atoms with Crippen LogP contribution in [0.15, 0.2) is 30.6 Å². The lowest BCUT2D eigenvalue weighted by Crippen LogP contribution is -2.14. The average Bonchev–Trinajstić information content (AvgIpc) is 2.47. The molecule has 0 atom stereocenters. The monoisotopic (exact) mass is 274 g/mol. The number of benzene rings is 1. The molecule has 0 aliphatic rings. The second-order valence-electron chi connectivity index (χ2n) is 3.85. The summed E-state index contributed by atoms with van der Waals surface area (Å²) in [6.07, 6.45) is 2.71. The van der Waals surface area contributed by atoms with E-state index in [-0.39, 0.29) is 11.5 Å². The number of rotatable bonds is 4. The Balaban J connectivity index is 2.19. The van der Waals surface area contributed by atoms with Gasteiger partial charge in [-0.3, -0.25) is 9.78 Å². The van der Waals surface area contributed by atoms with E-state index >= 15 is 0 Å². The second kappa shape index (κ2) is 5.87. The van der Waals surface area contributed by atoms with Crippen LogP contribution in [0.25, 0.3) is 0 Å². The third-order valence-electron chi connectivity index (χ3n) is 2.53. The normalized spacial score (nSPS) is 9.90. The molecule has 1 aromatic heterocycles. The highest BCUT2D eigenvalue weighted by Gasteiger charge is 2.10. The number of carbonyl (C=O) groups excluding carboxylic acids is 1. The van der Waals surface area contributed by atoms with Crippen LogP contribution in [0.4, 0.5) is 11.5 Å². The lowest BCUT2D eigenvalue weighted by molar-refractivity contribution is 0.102. The number of ether oxygens (including phenoxy) is 2. The van der Waals surface area contributed by atoms with Gasteiger partial charge in [-0.2, -0.15) is 0 Å². The molecular formula is C13H14N4O3. The first-order valence-corrected chi connectivity index (χ1v) is 5.75. The molecule has 0 fully saturated rings. The number of hydrogen-bond donors (Lipinski definition) is 2. The van der Waals surface area contributed by atoms with Crippen molar-refractivity contribution in [3.05, 3.63) is 36.3 Å². The molecule has 1 heterocycles. The van der Waals surface area contributed by atoms with Crippen molar-refractivity contribution in [1.82, 2.24) is 9.97 Å². The van der Waals surface area contributed by atoms with Gasteiger partial charge in [-0.05, 0) is 12.1 Å². The van der Waals surface area contributed by atoms with E-state index in [1.165, 1.54) is 19.5 Å². The maximum atomic E-state index is 12.0. The Morgan fingerprint density at radius 1 is 1.20 bits per heavy atom. The first-order chi connectivity index (χ1) is 9.63. The zero-order valence-electron chi connectivity index (χ0n) is 11.1. The molecule has 0 unspecified atom stereocenters. The van der Waals surface area contributed by atoms with Crippen LogP contribution in [0, 0.1) is 0 Å². The van der Waals surface area contributed by atoms with Crippen LogP contribution in [0.2, 0.25) is 0 Å². The van der Waals surface area contributed by atoms with Crippen LogP contribution in [-0.2, 0) is 0 Å². The number of nitrogen functional groups attached to an aromatic ring is 1. The molecule has 0 bridgehead atoms. The highest BCUT2D eigenvalue weighted by Crippen LogP contribution is 2.29. The molecule has 2 aromatic rings. The summed E-state index contributed by atoms with van der Waals surface area (Å²) in [6, 6.07) is 5.04. The number of amides is 1. The summed E-state index contributed by atoms with van der Waals surface area (Å²) < 4.78 is 10.3. The predicted molar refractivity (Wildman–Crippen MR) is 73.9 cm³/mol. The maximum absolute atomic E-state index is 12.0. The standard InChI is InChI=1S/C13H14N4O3/c1-19-10-4-3-8(5-11(10)20-2)16-13(18)9-6-15-7-12(14)17-9/h3-7H,1-2H3,(H2,14,17)(H,16,18). The Labute approximate surface area is 115 Å². The number of aromatic nitrogens is 2. The van der Waals surface area contributed by atoms with Gasteiger partial charge in [0, 0.05) is 11.8 Å². The minimum atomic E-state index is -0.406. The molecule has 0 spiro atoms. The van der Waals surface area contributed by atoms with Crippen LogP contribution in [-0.4, -0.2) is 30.1 Å². The van der Waals surface area contributed by atoms with E-state index in [2.05, 4.69) is 15.3 Å². The zero-order chi connectivity index (χ0) is 14.5. The van der Waals surface area contributed by atoms with Crippen LogP contribution in [0.1, 0.15) is 10.5 Å². The van der Waals surface area contributed by atoms with Gasteiger partial charge in [0.15, 0.2) is 11.5 Å². The Morgan fingerprint density at radius 2 is 1.95 bits per heavy atom. The van der Waals surface area contributed by atoms with Gasteiger partial charge in [-0.1, -0.05) is 0 Å². The first-order valence-electron chi connectivity index (χ1n) is 5.75. The number of hydrogen-bond acceptors (Lipinski definition) is 6. The third kappa shape index (κ3) is 2.94. The van der Waals surface area contributed by atoms with Crippen molar-refractivity contribution < 1.29 is 14.3 Å². The van der Waals surface area contributed by atoms with Crippen molar-refractivity contribution in [2.24, 2.45) is 0 Å². The molecule has 104 valence electrons. The maximum Gasteiger partial charge on any atom is 0.275 e. The fraction of sp³-hybridized carbons (Fsp3) is 0.154. The average molecular weight is 274 g/mol. The molecule has 20 heavy (non-hydrogen) atoms. The highest BCUT2D eigenvalue weighted by molar-refractivity contribution is 6.03. The molecule has 0 aliphatic carbocycles. The van der Waals surface area contributed by atoms with Crippen molar-refractivity contribution >= 4 is 17.4 Å². The van der Waals surface area contributed by atoms with Gasteiger partial charge in [0.05, 0.1) is 26.6 Å². The first kappa shape index (κ1) is 13.6. The molecule has 7 nitrogen and oxygen atoms in total. The molecule has 0 aliphatic heterocycles. The van der Waals surface area contributed by atoms with Gasteiger partial charge in [-0.15, -0.1) is 0 Å². The minimum absolute atomic E-state index is 0.139. The highest BCUT2D eigenvalue weighted by atomic mass is 16.5. The Bertz CT molecular complexity index is 631. The molecule has 2 rings (SSSR count). The quantitative estimate of drug-likeness (QED) is 0.872. The van der Waals surface area contributed by atoms with Gasteiger partial charge in [0.2, 0.25) is 0 Å². The number of nitrogens with zero attached hydrogens (tertiary/aromatic N) is 2. The van der Waals surface area contributed by atoms with Crippen molar-refractivity contribution in [2.75, 3.05) is 25.3 Å². The number of methoxy groups -OCH3 is 2. The topological polar surface area (TPSA) is 99.4 Å². The summed E-state index contributed by atoms with van der Waals surface area (Å²) in [5.74, 6) is 0.875. The lowest BCUT2D eigenvalue weighted by Gasteiger charge is -2.10. The van der Waals surface area contributed by atoms with Gasteiger partial charge >= 0.3 is 0 Å².